The summed E-state index contributed by atoms with van der Waals surface area (Å²) < 4.78 is 30.3. The lowest BCUT2D eigenvalue weighted by atomic mass is 10.0. The number of hydrogen-bond donors (Lipinski definition) is 2. The molecule has 0 saturated carbocycles. The summed E-state index contributed by atoms with van der Waals surface area (Å²) in [6, 6.07) is 10.7. The normalized spacial score (nSPS) is 14.3. The van der Waals surface area contributed by atoms with E-state index in [2.05, 4.69) is 22.6 Å². The average Bonchev–Trinajstić information content (AvgIpc) is 2.75. The fraction of sp³-hybridized carbons (Fsp3) is 0.409. The smallest absolute Gasteiger partial charge is 0.170 e. The molecule has 0 saturated heterocycles. The van der Waals surface area contributed by atoms with E-state index in [-0.39, 0.29) is 0 Å². The number of oxime groups is 1. The Morgan fingerprint density at radius 2 is 2.00 bits per heavy atom. The number of benzene rings is 2. The average molecular weight is 402 g/mol. The molecule has 0 aromatic heterocycles. The molecule has 6 nitrogen and oxygen atoms in total. The van der Waals surface area contributed by atoms with Gasteiger partial charge in [-0.3, -0.25) is 0 Å². The maximum Gasteiger partial charge on any atom is 0.170 e. The first-order valence-corrected chi connectivity index (χ1v) is 9.85. The van der Waals surface area contributed by atoms with Gasteiger partial charge < -0.3 is 24.7 Å². The zero-order chi connectivity index (χ0) is 20.5. The highest BCUT2D eigenvalue weighted by Crippen LogP contribution is 2.36. The lowest BCUT2D eigenvalue weighted by molar-refractivity contribution is 0.262. The van der Waals surface area contributed by atoms with Gasteiger partial charge in [0.05, 0.1) is 19.4 Å². The second-order valence-electron chi connectivity index (χ2n) is 6.83. The summed E-state index contributed by atoms with van der Waals surface area (Å²) in [5, 5.41) is 15.7. The number of rotatable bonds is 10. The molecule has 0 fully saturated rings. The molecule has 1 aliphatic heterocycles. The van der Waals surface area contributed by atoms with E-state index < -0.39 is 5.82 Å². The first-order valence-electron chi connectivity index (χ1n) is 9.85. The number of halogens is 1. The number of nitrogens with one attached hydrogen (secondary N) is 1. The summed E-state index contributed by atoms with van der Waals surface area (Å²) in [7, 11) is 1.67. The number of nitrogens with zero attached hydrogens (tertiary/aromatic N) is 1. The molecule has 0 amide bonds. The van der Waals surface area contributed by atoms with E-state index in [0.717, 1.165) is 31.6 Å². The number of hydrogen-bond acceptors (Lipinski definition) is 6. The van der Waals surface area contributed by atoms with Crippen molar-refractivity contribution in [1.82, 2.24) is 5.32 Å². The van der Waals surface area contributed by atoms with Crippen molar-refractivity contribution >= 4 is 5.71 Å². The second-order valence-corrected chi connectivity index (χ2v) is 6.83. The minimum absolute atomic E-state index is 0.335. The fourth-order valence-corrected chi connectivity index (χ4v) is 3.26. The summed E-state index contributed by atoms with van der Waals surface area (Å²) >= 11 is 0. The highest BCUT2D eigenvalue weighted by molar-refractivity contribution is 6.04. The zero-order valence-corrected chi connectivity index (χ0v) is 16.6. The van der Waals surface area contributed by atoms with Gasteiger partial charge in [0, 0.05) is 24.6 Å². The Morgan fingerprint density at radius 1 is 1.17 bits per heavy atom. The number of methoxy groups -OCH3 is 1. The van der Waals surface area contributed by atoms with Gasteiger partial charge in [0.15, 0.2) is 11.5 Å². The van der Waals surface area contributed by atoms with E-state index in [9.17, 15) is 4.39 Å². The highest BCUT2D eigenvalue weighted by Gasteiger charge is 2.23. The monoisotopic (exact) mass is 402 g/mol. The lowest BCUT2D eigenvalue weighted by Crippen LogP contribution is -2.23. The van der Waals surface area contributed by atoms with Gasteiger partial charge in [-0.05, 0) is 49.6 Å². The van der Waals surface area contributed by atoms with Crippen molar-refractivity contribution in [3.8, 4) is 17.2 Å². The van der Waals surface area contributed by atoms with Crippen molar-refractivity contribution in [2.24, 2.45) is 5.16 Å². The molecule has 7 heteroatoms. The fourth-order valence-electron chi connectivity index (χ4n) is 3.26. The first-order chi connectivity index (χ1) is 14.2. The van der Waals surface area contributed by atoms with E-state index >= 15 is 0 Å². The Balaban J connectivity index is 1.36. The van der Waals surface area contributed by atoms with Gasteiger partial charge >= 0.3 is 0 Å². The van der Waals surface area contributed by atoms with Gasteiger partial charge in [0.25, 0.3) is 0 Å². The minimum Gasteiger partial charge on any atom is -0.497 e. The number of fused-ring (bicyclic) bond motifs is 1. The van der Waals surface area contributed by atoms with Crippen LogP contribution in [0, 0.1) is 5.82 Å². The molecule has 2 N–H and O–H groups in total. The Kier molecular flexibility index (Phi) is 7.69. The minimum atomic E-state index is -0.447. The van der Waals surface area contributed by atoms with Gasteiger partial charge in [-0.15, -0.1) is 0 Å². The molecule has 0 radical (unpaired) electrons. The van der Waals surface area contributed by atoms with E-state index in [1.807, 2.05) is 12.1 Å². The third-order valence-corrected chi connectivity index (χ3v) is 4.80. The maximum absolute atomic E-state index is 13.9. The van der Waals surface area contributed by atoms with Crippen LogP contribution in [0.2, 0.25) is 0 Å². The molecular weight excluding hydrogens is 375 g/mol. The Bertz CT molecular complexity index is 824. The van der Waals surface area contributed by atoms with Crippen molar-refractivity contribution < 1.29 is 23.8 Å². The molecular formula is C22H27FN2O4. The van der Waals surface area contributed by atoms with Gasteiger partial charge in [-0.1, -0.05) is 17.3 Å². The van der Waals surface area contributed by atoms with E-state index in [1.54, 1.807) is 7.11 Å². The van der Waals surface area contributed by atoms with Crippen molar-refractivity contribution in [2.45, 2.75) is 25.7 Å². The van der Waals surface area contributed by atoms with Gasteiger partial charge in [0.1, 0.15) is 18.2 Å². The van der Waals surface area contributed by atoms with Crippen LogP contribution < -0.4 is 19.5 Å². The molecule has 1 aliphatic rings. The van der Waals surface area contributed by atoms with Crippen LogP contribution in [0.5, 0.6) is 17.2 Å². The van der Waals surface area contributed by atoms with Gasteiger partial charge in [0.2, 0.25) is 0 Å². The molecule has 1 heterocycles. The van der Waals surface area contributed by atoms with Crippen molar-refractivity contribution in [1.29, 1.82) is 0 Å². The summed E-state index contributed by atoms with van der Waals surface area (Å²) in [6.45, 7) is 2.30. The van der Waals surface area contributed by atoms with Crippen LogP contribution in [0.15, 0.2) is 41.6 Å². The van der Waals surface area contributed by atoms with E-state index in [1.165, 1.54) is 17.7 Å². The molecule has 2 aromatic carbocycles. The first kappa shape index (κ1) is 20.9. The van der Waals surface area contributed by atoms with Crippen LogP contribution in [0.1, 0.15) is 30.4 Å². The SMILES string of the molecule is COc1ccc(CCCCNCCOc2cc(F)cc3c2OCC/C3=N/O)cc1. The molecule has 0 atom stereocenters. The van der Waals surface area contributed by atoms with Crippen LogP contribution >= 0.6 is 0 Å². The largest absolute Gasteiger partial charge is 0.497 e. The summed E-state index contributed by atoms with van der Waals surface area (Å²) in [4.78, 5) is 0. The van der Waals surface area contributed by atoms with Gasteiger partial charge in [-0.25, -0.2) is 4.39 Å². The van der Waals surface area contributed by atoms with Crippen molar-refractivity contribution in [3.63, 3.8) is 0 Å². The number of unbranched alkanes of at least 4 members (excludes halogenated alkanes) is 1. The zero-order valence-electron chi connectivity index (χ0n) is 16.6. The van der Waals surface area contributed by atoms with Crippen molar-refractivity contribution in [2.75, 3.05) is 33.4 Å². The Hall–Kier alpha value is -2.80. The van der Waals surface area contributed by atoms with Crippen LogP contribution in [0.3, 0.4) is 0 Å². The molecule has 0 bridgehead atoms. The van der Waals surface area contributed by atoms with E-state index in [0.29, 0.717) is 49.0 Å². The topological polar surface area (TPSA) is 72.3 Å². The Morgan fingerprint density at radius 3 is 2.76 bits per heavy atom. The van der Waals surface area contributed by atoms with Gasteiger partial charge in [-0.2, -0.15) is 0 Å². The third-order valence-electron chi connectivity index (χ3n) is 4.80. The number of ether oxygens (including phenoxy) is 3. The lowest BCUT2D eigenvalue weighted by Gasteiger charge is -2.21. The molecule has 29 heavy (non-hydrogen) atoms. The molecule has 0 aliphatic carbocycles. The predicted molar refractivity (Wildman–Crippen MR) is 109 cm³/mol. The third kappa shape index (κ3) is 5.84. The molecule has 2 aromatic rings. The van der Waals surface area contributed by atoms with Crippen LogP contribution in [0.25, 0.3) is 0 Å². The molecule has 0 unspecified atom stereocenters. The molecule has 3 rings (SSSR count). The van der Waals surface area contributed by atoms with Crippen LogP contribution in [-0.4, -0.2) is 44.3 Å². The summed E-state index contributed by atoms with van der Waals surface area (Å²) in [5.41, 5.74) is 2.15. The second kappa shape index (κ2) is 10.7. The van der Waals surface area contributed by atoms with Crippen LogP contribution in [-0.2, 0) is 6.42 Å². The summed E-state index contributed by atoms with van der Waals surface area (Å²) in [6.07, 6.45) is 3.61. The standard InChI is InChI=1S/C22H27FN2O4/c1-27-18-7-5-16(6-8-18)4-2-3-10-24-11-13-28-21-15-17(23)14-19-20(25-26)9-12-29-22(19)21/h5-8,14-15,24,26H,2-4,9-13H2,1H3/b25-20-. The van der Waals surface area contributed by atoms with Crippen LogP contribution in [0.4, 0.5) is 4.39 Å². The molecule has 0 spiro atoms. The molecule has 156 valence electrons. The summed E-state index contributed by atoms with van der Waals surface area (Å²) in [5.74, 6) is 1.20. The number of aryl methyl sites for hydroxylation is 1. The maximum atomic E-state index is 13.9. The predicted octanol–water partition coefficient (Wildman–Crippen LogP) is 3.79. The van der Waals surface area contributed by atoms with E-state index in [4.69, 9.17) is 19.4 Å². The Labute approximate surface area is 170 Å². The highest BCUT2D eigenvalue weighted by atomic mass is 19.1. The van der Waals surface area contributed by atoms with Crippen molar-refractivity contribution in [3.05, 3.63) is 53.3 Å². The quantitative estimate of drug-likeness (QED) is 0.359.